The number of allylic oxidation sites excluding steroid dienone is 1. The zero-order valence-corrected chi connectivity index (χ0v) is 30.8. The van der Waals surface area contributed by atoms with Crippen LogP contribution in [0, 0.1) is 0 Å². The van der Waals surface area contributed by atoms with Crippen molar-refractivity contribution in [2.24, 2.45) is 0 Å². The first-order chi connectivity index (χ1) is 27.3. The van der Waals surface area contributed by atoms with E-state index in [9.17, 15) is 0 Å². The fourth-order valence-corrected chi connectivity index (χ4v) is 10.7. The van der Waals surface area contributed by atoms with E-state index in [1.165, 1.54) is 103 Å². The molecule has 258 valence electrons. The molecule has 3 heterocycles. The molecule has 0 radical (unpaired) electrons. The van der Waals surface area contributed by atoms with E-state index in [0.717, 1.165) is 6.42 Å². The highest BCUT2D eigenvalue weighted by atomic mass is 32.1. The lowest BCUT2D eigenvalue weighted by atomic mass is 9.86. The van der Waals surface area contributed by atoms with Crippen molar-refractivity contribution in [2.75, 3.05) is 0 Å². The van der Waals surface area contributed by atoms with Gasteiger partial charge in [-0.25, -0.2) is 0 Å². The van der Waals surface area contributed by atoms with E-state index in [-0.39, 0.29) is 5.92 Å². The average Bonchev–Trinajstić information content (AvgIpc) is 3.91. The Kier molecular flexibility index (Phi) is 6.66. The summed E-state index contributed by atoms with van der Waals surface area (Å²) in [5, 5.41) is 9.10. The number of hydrogen-bond donors (Lipinski definition) is 0. The highest BCUT2D eigenvalue weighted by Gasteiger charge is 2.25. The number of benzene rings is 8. The molecule has 11 aromatic rings. The number of hydrogen-bond acceptors (Lipinski definition) is 1. The smallest absolute Gasteiger partial charge is 0.0541 e. The van der Waals surface area contributed by atoms with Crippen LogP contribution in [0.2, 0.25) is 0 Å². The molecule has 0 aliphatic heterocycles. The van der Waals surface area contributed by atoms with Crippen molar-refractivity contribution in [1.82, 2.24) is 9.13 Å². The summed E-state index contributed by atoms with van der Waals surface area (Å²) in [6.07, 6.45) is 5.75. The van der Waals surface area contributed by atoms with Crippen molar-refractivity contribution in [2.45, 2.75) is 12.3 Å². The summed E-state index contributed by atoms with van der Waals surface area (Å²) in [5.41, 5.74) is 12.8. The SMILES string of the molecule is C1=CC(c2ccc3c(c2)c2ccccc2n3-c2ccc(-c3cccc4c3sc3ccccc34)c3ccccc23)Cc2c1n(-c1ccccc1)c1ccccc21. The van der Waals surface area contributed by atoms with E-state index in [0.29, 0.717) is 0 Å². The van der Waals surface area contributed by atoms with Crippen LogP contribution in [-0.2, 0) is 6.42 Å². The molecule has 12 rings (SSSR count). The molecule has 55 heavy (non-hydrogen) atoms. The maximum Gasteiger partial charge on any atom is 0.0541 e. The molecule has 0 saturated heterocycles. The van der Waals surface area contributed by atoms with Crippen molar-refractivity contribution in [3.05, 3.63) is 199 Å². The van der Waals surface area contributed by atoms with E-state index < -0.39 is 0 Å². The minimum atomic E-state index is 0.283. The summed E-state index contributed by atoms with van der Waals surface area (Å²) in [5.74, 6) is 0.283. The molecular formula is C52H34N2S. The van der Waals surface area contributed by atoms with Crippen molar-refractivity contribution >= 4 is 81.1 Å². The Balaban J connectivity index is 1.00. The molecule has 3 aromatic heterocycles. The van der Waals surface area contributed by atoms with Crippen LogP contribution >= 0.6 is 11.3 Å². The van der Waals surface area contributed by atoms with Gasteiger partial charge < -0.3 is 9.13 Å². The quantitative estimate of drug-likeness (QED) is 0.171. The summed E-state index contributed by atoms with van der Waals surface area (Å²) < 4.78 is 7.59. The number of rotatable bonds is 4. The van der Waals surface area contributed by atoms with Crippen molar-refractivity contribution < 1.29 is 0 Å². The van der Waals surface area contributed by atoms with Crippen LogP contribution < -0.4 is 0 Å². The molecule has 0 amide bonds. The predicted molar refractivity (Wildman–Crippen MR) is 235 cm³/mol. The second kappa shape index (κ2) is 11.9. The largest absolute Gasteiger partial charge is 0.310 e. The van der Waals surface area contributed by atoms with Gasteiger partial charge in [-0.2, -0.15) is 0 Å². The van der Waals surface area contributed by atoms with E-state index in [1.807, 2.05) is 11.3 Å². The second-order valence-electron chi connectivity index (χ2n) is 14.8. The summed E-state index contributed by atoms with van der Waals surface area (Å²) in [6.45, 7) is 0. The third-order valence-electron chi connectivity index (χ3n) is 11.9. The Morgan fingerprint density at radius 3 is 1.98 bits per heavy atom. The molecule has 1 atom stereocenters. The van der Waals surface area contributed by atoms with Gasteiger partial charge in [0.1, 0.15) is 0 Å². The lowest BCUT2D eigenvalue weighted by molar-refractivity contribution is 0.826. The average molecular weight is 719 g/mol. The molecule has 0 bridgehead atoms. The van der Waals surface area contributed by atoms with E-state index in [2.05, 4.69) is 197 Å². The molecule has 0 N–H and O–H groups in total. The fraction of sp³-hybridized carbons (Fsp3) is 0.0385. The van der Waals surface area contributed by atoms with E-state index >= 15 is 0 Å². The van der Waals surface area contributed by atoms with Gasteiger partial charge in [0.2, 0.25) is 0 Å². The molecule has 0 fully saturated rings. The highest BCUT2D eigenvalue weighted by molar-refractivity contribution is 7.26. The third kappa shape index (κ3) is 4.54. The van der Waals surface area contributed by atoms with Crippen LogP contribution in [0.4, 0.5) is 0 Å². The molecular weight excluding hydrogens is 685 g/mol. The molecule has 1 aliphatic carbocycles. The Labute approximate surface area is 322 Å². The summed E-state index contributed by atoms with van der Waals surface area (Å²) >= 11 is 1.90. The number of aromatic nitrogens is 2. The minimum Gasteiger partial charge on any atom is -0.310 e. The molecule has 2 nitrogen and oxygen atoms in total. The van der Waals surface area contributed by atoms with Gasteiger partial charge in [0.15, 0.2) is 0 Å². The van der Waals surface area contributed by atoms with Crippen LogP contribution in [0.15, 0.2) is 182 Å². The first kappa shape index (κ1) is 30.7. The Bertz CT molecular complexity index is 3360. The number of thiophene rings is 1. The summed E-state index contributed by atoms with van der Waals surface area (Å²) in [4.78, 5) is 0. The van der Waals surface area contributed by atoms with Crippen molar-refractivity contribution in [3.63, 3.8) is 0 Å². The van der Waals surface area contributed by atoms with Gasteiger partial charge in [-0.3, -0.25) is 0 Å². The minimum absolute atomic E-state index is 0.283. The van der Waals surface area contributed by atoms with Crippen LogP contribution in [0.5, 0.6) is 0 Å². The molecule has 1 aliphatic rings. The van der Waals surface area contributed by atoms with Gasteiger partial charge in [0.25, 0.3) is 0 Å². The van der Waals surface area contributed by atoms with Gasteiger partial charge >= 0.3 is 0 Å². The number of fused-ring (bicyclic) bond motifs is 10. The Morgan fingerprint density at radius 1 is 0.455 bits per heavy atom. The van der Waals surface area contributed by atoms with Crippen molar-refractivity contribution in [3.8, 4) is 22.5 Å². The van der Waals surface area contributed by atoms with Gasteiger partial charge in [-0.1, -0.05) is 133 Å². The maximum atomic E-state index is 2.49. The van der Waals surface area contributed by atoms with Gasteiger partial charge in [-0.05, 0) is 83.1 Å². The first-order valence-corrected chi connectivity index (χ1v) is 19.9. The van der Waals surface area contributed by atoms with Gasteiger partial charge in [-0.15, -0.1) is 11.3 Å². The standard InChI is InChI=1S/C52H34N2S/c1-2-13-35(14-3-1)53-46-22-9-6-17-39(46)44-31-33(25-28-49(44)53)34-26-29-50-45(32-34)40-18-7-10-23-47(40)54(50)48-30-27-37(36-15-4-5-16-38(36)48)42-20-12-21-43-41-19-8-11-24-51(41)55-52(42)43/h1-30,32-33H,31H2. The summed E-state index contributed by atoms with van der Waals surface area (Å²) in [7, 11) is 0. The third-order valence-corrected chi connectivity index (χ3v) is 13.1. The number of nitrogens with zero attached hydrogens (tertiary/aromatic N) is 2. The molecule has 1 unspecified atom stereocenters. The van der Waals surface area contributed by atoms with Gasteiger partial charge in [0, 0.05) is 64.6 Å². The van der Waals surface area contributed by atoms with E-state index in [4.69, 9.17) is 0 Å². The zero-order valence-electron chi connectivity index (χ0n) is 30.0. The lowest BCUT2D eigenvalue weighted by Gasteiger charge is -2.20. The van der Waals surface area contributed by atoms with Crippen LogP contribution in [0.25, 0.3) is 92.2 Å². The molecule has 8 aromatic carbocycles. The van der Waals surface area contributed by atoms with Crippen molar-refractivity contribution in [1.29, 1.82) is 0 Å². The van der Waals surface area contributed by atoms with Crippen LogP contribution in [-0.4, -0.2) is 9.13 Å². The lowest BCUT2D eigenvalue weighted by Crippen LogP contribution is -2.07. The topological polar surface area (TPSA) is 9.86 Å². The molecule has 0 saturated carbocycles. The monoisotopic (exact) mass is 718 g/mol. The number of para-hydroxylation sites is 3. The fourth-order valence-electron chi connectivity index (χ4n) is 9.45. The van der Waals surface area contributed by atoms with Crippen LogP contribution in [0.3, 0.4) is 0 Å². The Morgan fingerprint density at radius 2 is 1.13 bits per heavy atom. The first-order valence-electron chi connectivity index (χ1n) is 19.1. The van der Waals surface area contributed by atoms with Crippen LogP contribution in [0.1, 0.15) is 22.7 Å². The molecule has 3 heteroatoms. The zero-order chi connectivity index (χ0) is 36.0. The van der Waals surface area contributed by atoms with Gasteiger partial charge in [0.05, 0.1) is 22.2 Å². The highest BCUT2D eigenvalue weighted by Crippen LogP contribution is 2.45. The summed E-state index contributed by atoms with van der Waals surface area (Å²) in [6, 6.07) is 64.9. The second-order valence-corrected chi connectivity index (χ2v) is 15.9. The molecule has 0 spiro atoms. The predicted octanol–water partition coefficient (Wildman–Crippen LogP) is 14.3. The normalized spacial score (nSPS) is 14.2. The maximum absolute atomic E-state index is 2.49. The Hall–Kier alpha value is -6.68. The van der Waals surface area contributed by atoms with E-state index in [1.54, 1.807) is 0 Å².